The highest BCUT2D eigenvalue weighted by Crippen LogP contribution is 2.19. The van der Waals surface area contributed by atoms with Gasteiger partial charge >= 0.3 is 0 Å². The molecule has 116 valence electrons. The number of hydrogen-bond acceptors (Lipinski definition) is 3. The van der Waals surface area contributed by atoms with Crippen LogP contribution in [0.15, 0.2) is 28.7 Å². The van der Waals surface area contributed by atoms with E-state index < -0.39 is 0 Å². The highest BCUT2D eigenvalue weighted by molar-refractivity contribution is 9.10. The zero-order valence-corrected chi connectivity index (χ0v) is 14.3. The van der Waals surface area contributed by atoms with E-state index in [1.807, 2.05) is 43.3 Å². The minimum atomic E-state index is 0.122. The second kappa shape index (κ2) is 7.92. The van der Waals surface area contributed by atoms with Gasteiger partial charge in [-0.3, -0.25) is 4.79 Å². The molecule has 1 aromatic carbocycles. The summed E-state index contributed by atoms with van der Waals surface area (Å²) in [6.07, 6.45) is 1.85. The Kier molecular flexibility index (Phi) is 6.21. The van der Waals surface area contributed by atoms with E-state index in [-0.39, 0.29) is 11.9 Å². The molecule has 4 nitrogen and oxygen atoms in total. The third-order valence-electron chi connectivity index (χ3n) is 3.77. The van der Waals surface area contributed by atoms with Gasteiger partial charge in [-0.15, -0.1) is 0 Å². The Morgan fingerprint density at radius 2 is 1.81 bits per heavy atom. The first-order valence-corrected chi connectivity index (χ1v) is 8.16. The van der Waals surface area contributed by atoms with E-state index in [0.29, 0.717) is 0 Å². The SMILES string of the molecule is CN(C)CCN(C(=O)c1ccc(Br)cc1)C1CCOCC1. The minimum absolute atomic E-state index is 0.122. The van der Waals surface area contributed by atoms with Gasteiger partial charge in [-0.1, -0.05) is 15.9 Å². The Morgan fingerprint density at radius 1 is 1.19 bits per heavy atom. The molecule has 0 unspecified atom stereocenters. The van der Waals surface area contributed by atoms with Crippen molar-refractivity contribution in [2.45, 2.75) is 18.9 Å². The van der Waals surface area contributed by atoms with Crippen molar-refractivity contribution < 1.29 is 9.53 Å². The fourth-order valence-electron chi connectivity index (χ4n) is 2.51. The van der Waals surface area contributed by atoms with Crippen LogP contribution in [-0.2, 0) is 4.74 Å². The molecule has 0 saturated carbocycles. The van der Waals surface area contributed by atoms with Crippen LogP contribution in [0.1, 0.15) is 23.2 Å². The molecule has 1 amide bonds. The van der Waals surface area contributed by atoms with Crippen molar-refractivity contribution in [3.8, 4) is 0 Å². The van der Waals surface area contributed by atoms with Crippen LogP contribution < -0.4 is 0 Å². The minimum Gasteiger partial charge on any atom is -0.381 e. The number of hydrogen-bond donors (Lipinski definition) is 0. The zero-order valence-electron chi connectivity index (χ0n) is 12.7. The fraction of sp³-hybridized carbons (Fsp3) is 0.562. The maximum absolute atomic E-state index is 12.8. The Hall–Kier alpha value is -0.910. The van der Waals surface area contributed by atoms with Gasteiger partial charge in [0.2, 0.25) is 0 Å². The summed E-state index contributed by atoms with van der Waals surface area (Å²) in [6.45, 7) is 3.12. The second-order valence-electron chi connectivity index (χ2n) is 5.65. The Balaban J connectivity index is 2.12. The standard InChI is InChI=1S/C16H23BrN2O2/c1-18(2)9-10-19(15-7-11-21-12-8-15)16(20)13-3-5-14(17)6-4-13/h3-6,15H,7-12H2,1-2H3. The molecule has 0 bridgehead atoms. The van der Waals surface area contributed by atoms with Crippen molar-refractivity contribution in [1.82, 2.24) is 9.80 Å². The summed E-state index contributed by atoms with van der Waals surface area (Å²) in [7, 11) is 4.07. The van der Waals surface area contributed by atoms with Crippen LogP contribution in [0, 0.1) is 0 Å². The summed E-state index contributed by atoms with van der Waals surface area (Å²) in [4.78, 5) is 17.0. The van der Waals surface area contributed by atoms with Gasteiger partial charge in [-0.2, -0.15) is 0 Å². The van der Waals surface area contributed by atoms with Crippen LogP contribution in [0.2, 0.25) is 0 Å². The molecule has 21 heavy (non-hydrogen) atoms. The quantitative estimate of drug-likeness (QED) is 0.814. The number of carbonyl (C=O) groups excluding carboxylic acids is 1. The highest BCUT2D eigenvalue weighted by Gasteiger charge is 2.26. The molecule has 0 aromatic heterocycles. The maximum Gasteiger partial charge on any atom is 0.254 e. The van der Waals surface area contributed by atoms with Crippen LogP contribution in [0.25, 0.3) is 0 Å². The molecule has 5 heteroatoms. The van der Waals surface area contributed by atoms with Crippen LogP contribution in [-0.4, -0.2) is 62.1 Å². The van der Waals surface area contributed by atoms with Crippen LogP contribution >= 0.6 is 15.9 Å². The lowest BCUT2D eigenvalue weighted by Crippen LogP contribution is -2.46. The largest absolute Gasteiger partial charge is 0.381 e. The number of amides is 1. The van der Waals surface area contributed by atoms with Gasteiger partial charge in [-0.25, -0.2) is 0 Å². The summed E-state index contributed by atoms with van der Waals surface area (Å²) in [5.41, 5.74) is 0.753. The van der Waals surface area contributed by atoms with Gasteiger partial charge in [0.1, 0.15) is 0 Å². The lowest BCUT2D eigenvalue weighted by molar-refractivity contribution is 0.0276. The highest BCUT2D eigenvalue weighted by atomic mass is 79.9. The average molecular weight is 355 g/mol. The summed E-state index contributed by atoms with van der Waals surface area (Å²) in [5.74, 6) is 0.122. The molecular weight excluding hydrogens is 332 g/mol. The van der Waals surface area contributed by atoms with E-state index in [0.717, 1.165) is 49.2 Å². The number of halogens is 1. The molecule has 0 atom stereocenters. The Bertz CT molecular complexity index is 456. The predicted molar refractivity (Wildman–Crippen MR) is 87.6 cm³/mol. The number of ether oxygens (including phenoxy) is 1. The third kappa shape index (κ3) is 4.80. The fourth-order valence-corrected chi connectivity index (χ4v) is 2.78. The number of likely N-dealkylation sites (N-methyl/N-ethyl adjacent to an activating group) is 1. The summed E-state index contributed by atoms with van der Waals surface area (Å²) in [5, 5.41) is 0. The van der Waals surface area contributed by atoms with E-state index in [2.05, 4.69) is 20.8 Å². The Labute approximate surface area is 135 Å². The molecule has 1 fully saturated rings. The van der Waals surface area contributed by atoms with E-state index in [1.165, 1.54) is 0 Å². The van der Waals surface area contributed by atoms with Gasteiger partial charge < -0.3 is 14.5 Å². The average Bonchev–Trinajstić information content (AvgIpc) is 2.49. The van der Waals surface area contributed by atoms with E-state index in [9.17, 15) is 4.79 Å². The van der Waals surface area contributed by atoms with Gasteiger partial charge in [0.25, 0.3) is 5.91 Å². The predicted octanol–water partition coefficient (Wildman–Crippen LogP) is 2.63. The van der Waals surface area contributed by atoms with Crippen molar-refractivity contribution in [2.24, 2.45) is 0 Å². The van der Waals surface area contributed by atoms with E-state index in [4.69, 9.17) is 4.74 Å². The first-order chi connectivity index (χ1) is 10.1. The monoisotopic (exact) mass is 354 g/mol. The first kappa shape index (κ1) is 16.5. The number of carbonyl (C=O) groups is 1. The van der Waals surface area contributed by atoms with Gasteiger partial charge in [0, 0.05) is 42.4 Å². The zero-order chi connectivity index (χ0) is 15.2. The smallest absolute Gasteiger partial charge is 0.254 e. The van der Waals surface area contributed by atoms with Crippen LogP contribution in [0.4, 0.5) is 0 Å². The molecule has 1 saturated heterocycles. The van der Waals surface area contributed by atoms with Crippen molar-refractivity contribution in [1.29, 1.82) is 0 Å². The van der Waals surface area contributed by atoms with Crippen molar-refractivity contribution in [2.75, 3.05) is 40.4 Å². The van der Waals surface area contributed by atoms with Gasteiger partial charge in [0.15, 0.2) is 0 Å². The topological polar surface area (TPSA) is 32.8 Å². The van der Waals surface area contributed by atoms with Gasteiger partial charge in [-0.05, 0) is 51.2 Å². The van der Waals surface area contributed by atoms with Crippen molar-refractivity contribution in [3.63, 3.8) is 0 Å². The maximum atomic E-state index is 12.8. The van der Waals surface area contributed by atoms with Crippen LogP contribution in [0.3, 0.4) is 0 Å². The lowest BCUT2D eigenvalue weighted by atomic mass is 10.1. The molecule has 1 heterocycles. The number of benzene rings is 1. The molecule has 0 aliphatic carbocycles. The summed E-state index contributed by atoms with van der Waals surface area (Å²) in [6, 6.07) is 7.89. The lowest BCUT2D eigenvalue weighted by Gasteiger charge is -2.35. The van der Waals surface area contributed by atoms with Crippen molar-refractivity contribution in [3.05, 3.63) is 34.3 Å². The van der Waals surface area contributed by atoms with Crippen LogP contribution in [0.5, 0.6) is 0 Å². The molecule has 0 N–H and O–H groups in total. The van der Waals surface area contributed by atoms with Gasteiger partial charge in [0.05, 0.1) is 0 Å². The molecule has 0 spiro atoms. The second-order valence-corrected chi connectivity index (χ2v) is 6.57. The molecule has 1 aliphatic rings. The molecule has 0 radical (unpaired) electrons. The summed E-state index contributed by atoms with van der Waals surface area (Å²) < 4.78 is 6.41. The summed E-state index contributed by atoms with van der Waals surface area (Å²) >= 11 is 3.41. The van der Waals surface area contributed by atoms with Crippen molar-refractivity contribution >= 4 is 21.8 Å². The molecule has 1 aliphatic heterocycles. The molecule has 2 rings (SSSR count). The number of rotatable bonds is 5. The third-order valence-corrected chi connectivity index (χ3v) is 4.30. The van der Waals surface area contributed by atoms with E-state index in [1.54, 1.807) is 0 Å². The molecule has 1 aromatic rings. The first-order valence-electron chi connectivity index (χ1n) is 7.37. The normalized spacial score (nSPS) is 16.2. The molecular formula is C16H23BrN2O2. The Morgan fingerprint density at radius 3 is 2.38 bits per heavy atom. The van der Waals surface area contributed by atoms with E-state index >= 15 is 0 Å². The number of nitrogens with zero attached hydrogens (tertiary/aromatic N) is 2.